The van der Waals surface area contributed by atoms with E-state index in [1.54, 1.807) is 0 Å². The molecule has 0 bridgehead atoms. The van der Waals surface area contributed by atoms with Crippen molar-refractivity contribution < 1.29 is 69.5 Å². The maximum atomic E-state index is 11.3. The Hall–Kier alpha value is 1.51. The molecule has 0 spiro atoms. The largest absolute Gasteiger partial charge is 1.00 e. The number of hydrogen-bond acceptors (Lipinski definition) is 4. The van der Waals surface area contributed by atoms with Crippen molar-refractivity contribution in [1.29, 1.82) is 0 Å². The summed E-state index contributed by atoms with van der Waals surface area (Å²) < 4.78 is 33.9. The van der Waals surface area contributed by atoms with Crippen LogP contribution in [-0.2, 0) is 10.1 Å². The first-order chi connectivity index (χ1) is 10.4. The summed E-state index contributed by atoms with van der Waals surface area (Å²) in [4.78, 5) is 0. The zero-order valence-electron chi connectivity index (χ0n) is 15.4. The molecule has 0 heterocycles. The first-order valence-electron chi connectivity index (χ1n) is 9.04. The summed E-state index contributed by atoms with van der Waals surface area (Å²) in [6.45, 7) is 4.22. The van der Waals surface area contributed by atoms with Crippen molar-refractivity contribution in [3.63, 3.8) is 0 Å². The first-order valence-corrected chi connectivity index (χ1v) is 10.5. The molecule has 4 nitrogen and oxygen atoms in total. The fourth-order valence-corrected chi connectivity index (χ4v) is 3.66. The number of aliphatic hydroxyl groups is 1. The van der Waals surface area contributed by atoms with Crippen LogP contribution in [-0.4, -0.2) is 29.4 Å². The summed E-state index contributed by atoms with van der Waals surface area (Å²) in [5.41, 5.74) is 0. The smallest absolute Gasteiger partial charge is 0.748 e. The van der Waals surface area contributed by atoms with E-state index in [0.717, 1.165) is 32.1 Å². The Morgan fingerprint density at radius 3 is 1.78 bits per heavy atom. The fourth-order valence-electron chi connectivity index (χ4n) is 2.75. The molecule has 0 aliphatic heterocycles. The number of rotatable bonds is 15. The minimum absolute atomic E-state index is 0. The quantitative estimate of drug-likeness (QED) is 0.267. The molecule has 0 saturated carbocycles. The van der Waals surface area contributed by atoms with E-state index in [1.165, 1.54) is 32.1 Å². The van der Waals surface area contributed by atoms with Gasteiger partial charge in [-0.25, -0.2) is 8.42 Å². The van der Waals surface area contributed by atoms with Crippen LogP contribution in [0.1, 0.15) is 97.3 Å². The molecule has 0 aromatic rings. The van der Waals surface area contributed by atoms with Gasteiger partial charge in [-0.1, -0.05) is 78.1 Å². The van der Waals surface area contributed by atoms with Crippen molar-refractivity contribution in [2.45, 2.75) is 109 Å². The topological polar surface area (TPSA) is 77.4 Å². The van der Waals surface area contributed by atoms with Crippen molar-refractivity contribution in [2.24, 2.45) is 0 Å². The Morgan fingerprint density at radius 2 is 1.30 bits per heavy atom. The third kappa shape index (κ3) is 16.7. The first kappa shape index (κ1) is 26.7. The van der Waals surface area contributed by atoms with Crippen LogP contribution in [0, 0.1) is 0 Å². The molecule has 0 aliphatic carbocycles. The third-order valence-corrected chi connectivity index (χ3v) is 5.46. The van der Waals surface area contributed by atoms with Gasteiger partial charge in [0.15, 0.2) is 0 Å². The number of aliphatic hydroxyl groups excluding tert-OH is 1. The Balaban J connectivity index is 0. The minimum atomic E-state index is -4.30. The SMILES string of the molecule is CCCCCCCCCCC(CC(O)CCCC)S(=O)(=O)[O-].[K+]. The van der Waals surface area contributed by atoms with Gasteiger partial charge >= 0.3 is 51.4 Å². The van der Waals surface area contributed by atoms with E-state index in [2.05, 4.69) is 6.92 Å². The van der Waals surface area contributed by atoms with Gasteiger partial charge in [0, 0.05) is 0 Å². The van der Waals surface area contributed by atoms with E-state index in [9.17, 15) is 18.1 Å². The van der Waals surface area contributed by atoms with E-state index in [4.69, 9.17) is 0 Å². The molecule has 23 heavy (non-hydrogen) atoms. The summed E-state index contributed by atoms with van der Waals surface area (Å²) in [6.07, 6.45) is 11.3. The molecule has 0 radical (unpaired) electrons. The van der Waals surface area contributed by atoms with Gasteiger partial charge in [-0.3, -0.25) is 0 Å². The maximum Gasteiger partial charge on any atom is 1.00 e. The second-order valence-corrected chi connectivity index (χ2v) is 8.06. The molecule has 0 fully saturated rings. The van der Waals surface area contributed by atoms with Crippen molar-refractivity contribution in [1.82, 2.24) is 0 Å². The molecule has 2 atom stereocenters. The average molecular weight is 375 g/mol. The van der Waals surface area contributed by atoms with E-state index >= 15 is 0 Å². The van der Waals surface area contributed by atoms with Gasteiger partial charge in [0.2, 0.25) is 0 Å². The van der Waals surface area contributed by atoms with Crippen molar-refractivity contribution in [2.75, 3.05) is 0 Å². The fraction of sp³-hybridized carbons (Fsp3) is 1.00. The molecule has 0 aromatic carbocycles. The molecule has 2 unspecified atom stereocenters. The maximum absolute atomic E-state index is 11.3. The third-order valence-electron chi connectivity index (χ3n) is 4.21. The van der Waals surface area contributed by atoms with Gasteiger partial charge in [-0.05, 0) is 19.3 Å². The molecular formula is C17H35KO4S. The molecule has 134 valence electrons. The monoisotopic (exact) mass is 374 g/mol. The van der Waals surface area contributed by atoms with Gasteiger partial charge in [0.25, 0.3) is 0 Å². The summed E-state index contributed by atoms with van der Waals surface area (Å²) in [6, 6.07) is 0. The van der Waals surface area contributed by atoms with Gasteiger partial charge in [-0.2, -0.15) is 0 Å². The van der Waals surface area contributed by atoms with Crippen LogP contribution in [0.3, 0.4) is 0 Å². The molecular weight excluding hydrogens is 339 g/mol. The van der Waals surface area contributed by atoms with Gasteiger partial charge < -0.3 is 9.66 Å². The molecule has 1 N–H and O–H groups in total. The summed E-state index contributed by atoms with van der Waals surface area (Å²) >= 11 is 0. The number of unbranched alkanes of at least 4 members (excludes halogenated alkanes) is 8. The van der Waals surface area contributed by atoms with Crippen LogP contribution in [0.25, 0.3) is 0 Å². The molecule has 0 aromatic heterocycles. The normalized spacial score (nSPS) is 14.3. The van der Waals surface area contributed by atoms with Crippen LogP contribution < -0.4 is 51.4 Å². The van der Waals surface area contributed by atoms with Crippen molar-refractivity contribution in [3.05, 3.63) is 0 Å². The summed E-state index contributed by atoms with van der Waals surface area (Å²) in [5, 5.41) is 8.92. The molecule has 0 saturated heterocycles. The molecule has 0 aliphatic rings. The van der Waals surface area contributed by atoms with Crippen LogP contribution in [0.15, 0.2) is 0 Å². The predicted molar refractivity (Wildman–Crippen MR) is 90.9 cm³/mol. The van der Waals surface area contributed by atoms with Crippen LogP contribution in [0.4, 0.5) is 0 Å². The molecule has 0 rings (SSSR count). The van der Waals surface area contributed by atoms with Crippen LogP contribution in [0.2, 0.25) is 0 Å². The van der Waals surface area contributed by atoms with Gasteiger partial charge in [0.05, 0.1) is 21.5 Å². The Bertz CT molecular complexity index is 347. The Labute approximate surface area is 186 Å². The Kier molecular flexibility index (Phi) is 19.7. The predicted octanol–water partition coefficient (Wildman–Crippen LogP) is 1.38. The zero-order chi connectivity index (χ0) is 16.8. The van der Waals surface area contributed by atoms with E-state index < -0.39 is 21.5 Å². The molecule has 6 heteroatoms. The zero-order valence-corrected chi connectivity index (χ0v) is 19.4. The Morgan fingerprint density at radius 1 is 0.826 bits per heavy atom. The van der Waals surface area contributed by atoms with E-state index in [-0.39, 0.29) is 57.8 Å². The molecule has 0 amide bonds. The minimum Gasteiger partial charge on any atom is -0.748 e. The standard InChI is InChI=1S/C17H36O4S.K/c1-3-5-7-8-9-10-11-12-14-17(22(19,20)21)15-16(18)13-6-4-2;/h16-18H,3-15H2,1-2H3,(H,19,20,21);/q;+1/p-1. The van der Waals surface area contributed by atoms with Crippen LogP contribution >= 0.6 is 0 Å². The van der Waals surface area contributed by atoms with Crippen molar-refractivity contribution in [3.8, 4) is 0 Å². The van der Waals surface area contributed by atoms with E-state index in [1.807, 2.05) is 6.92 Å². The van der Waals surface area contributed by atoms with Crippen LogP contribution in [0.5, 0.6) is 0 Å². The number of hydrogen-bond donors (Lipinski definition) is 1. The summed E-state index contributed by atoms with van der Waals surface area (Å²) in [5.74, 6) is 0. The second kappa shape index (κ2) is 16.9. The van der Waals surface area contributed by atoms with Crippen molar-refractivity contribution >= 4 is 10.1 Å². The van der Waals surface area contributed by atoms with Gasteiger partial charge in [0.1, 0.15) is 0 Å². The average Bonchev–Trinajstić information content (AvgIpc) is 2.45. The second-order valence-electron chi connectivity index (χ2n) is 6.41. The van der Waals surface area contributed by atoms with Gasteiger partial charge in [-0.15, -0.1) is 0 Å². The van der Waals surface area contributed by atoms with E-state index in [0.29, 0.717) is 12.8 Å². The summed E-state index contributed by atoms with van der Waals surface area (Å²) in [7, 11) is -4.30.